The van der Waals surface area contributed by atoms with Crippen LogP contribution in [-0.2, 0) is 16.4 Å². The average Bonchev–Trinajstić information content (AvgIpc) is 3.40. The number of furan rings is 1. The van der Waals surface area contributed by atoms with Gasteiger partial charge in [-0.05, 0) is 87.8 Å². The third-order valence-electron chi connectivity index (χ3n) is 7.62. The summed E-state index contributed by atoms with van der Waals surface area (Å²) in [5, 5.41) is 11.9. The van der Waals surface area contributed by atoms with Crippen LogP contribution in [0.4, 0.5) is 11.4 Å². The number of hydrogen-bond acceptors (Lipinski definition) is 7. The number of carbonyl (C=O) groups is 1. The highest BCUT2D eigenvalue weighted by molar-refractivity contribution is 7.92. The number of ketones is 1. The van der Waals surface area contributed by atoms with Crippen LogP contribution >= 0.6 is 0 Å². The largest absolute Gasteiger partial charge is 0.460 e. The molecule has 0 bridgehead atoms. The summed E-state index contributed by atoms with van der Waals surface area (Å²) in [5.74, 6) is 0.486. The van der Waals surface area contributed by atoms with Crippen LogP contribution in [-0.4, -0.2) is 50.2 Å². The van der Waals surface area contributed by atoms with E-state index in [1.165, 1.54) is 28.6 Å². The minimum absolute atomic E-state index is 0.0346. The number of nitro groups is 1. The van der Waals surface area contributed by atoms with Gasteiger partial charge in [0, 0.05) is 36.0 Å². The van der Waals surface area contributed by atoms with E-state index in [9.17, 15) is 23.3 Å². The molecule has 3 aromatic carbocycles. The second-order valence-corrected chi connectivity index (χ2v) is 12.8. The summed E-state index contributed by atoms with van der Waals surface area (Å²) < 4.78 is 35.2. The van der Waals surface area contributed by atoms with Gasteiger partial charge in [0.15, 0.2) is 5.78 Å². The van der Waals surface area contributed by atoms with Crippen LogP contribution in [0.2, 0.25) is 0 Å². The number of rotatable bonds is 17. The molecule has 0 atom stereocenters. The molecule has 4 aromatic rings. The van der Waals surface area contributed by atoms with E-state index in [2.05, 4.69) is 25.7 Å². The molecule has 0 N–H and O–H groups in total. The molecule has 10 heteroatoms. The highest BCUT2D eigenvalue weighted by Crippen LogP contribution is 2.31. The lowest BCUT2D eigenvalue weighted by Crippen LogP contribution is -2.35. The molecule has 4 rings (SSSR count). The number of unbranched alkanes of at least 4 members (excludes halogenated alkanes) is 1. The first-order valence-electron chi connectivity index (χ1n) is 15.4. The summed E-state index contributed by atoms with van der Waals surface area (Å²) in [6.07, 6.45) is 5.11. The summed E-state index contributed by atoms with van der Waals surface area (Å²) in [7, 11) is -4.05. The number of fused-ring (bicyclic) bond motifs is 1. The van der Waals surface area contributed by atoms with Crippen molar-refractivity contribution in [3.63, 3.8) is 0 Å². The fourth-order valence-electron chi connectivity index (χ4n) is 5.44. The van der Waals surface area contributed by atoms with Gasteiger partial charge in [-0.25, -0.2) is 8.42 Å². The first-order chi connectivity index (χ1) is 21.2. The molecule has 0 saturated carbocycles. The maximum absolute atomic E-state index is 13.9. The number of aryl methyl sites for hydroxylation is 1. The molecule has 44 heavy (non-hydrogen) atoms. The third kappa shape index (κ3) is 7.54. The Morgan fingerprint density at radius 1 is 0.818 bits per heavy atom. The third-order valence-corrected chi connectivity index (χ3v) is 9.46. The Balaban J connectivity index is 1.66. The van der Waals surface area contributed by atoms with E-state index in [1.807, 2.05) is 24.3 Å². The smallest absolute Gasteiger partial charge is 0.269 e. The quantitative estimate of drug-likeness (QED) is 0.0678. The zero-order valence-corrected chi connectivity index (χ0v) is 26.5. The van der Waals surface area contributed by atoms with Gasteiger partial charge in [0.2, 0.25) is 0 Å². The lowest BCUT2D eigenvalue weighted by Gasteiger charge is -2.27. The van der Waals surface area contributed by atoms with Gasteiger partial charge in [-0.1, -0.05) is 45.4 Å². The Bertz CT molecular complexity index is 1660. The maximum Gasteiger partial charge on any atom is 0.269 e. The fraction of sp³-hybridized carbons (Fsp3) is 0.382. The Morgan fingerprint density at radius 3 is 2.09 bits per heavy atom. The van der Waals surface area contributed by atoms with Crippen LogP contribution in [0.1, 0.15) is 74.6 Å². The lowest BCUT2D eigenvalue weighted by atomic mass is 9.98. The van der Waals surface area contributed by atoms with Crippen LogP contribution in [0.3, 0.4) is 0 Å². The van der Waals surface area contributed by atoms with Gasteiger partial charge in [0.1, 0.15) is 11.3 Å². The predicted molar refractivity (Wildman–Crippen MR) is 174 cm³/mol. The molecule has 0 saturated heterocycles. The molecule has 1 aromatic heterocycles. The molecule has 0 aliphatic carbocycles. The number of nitro benzene ring substituents is 1. The SMILES string of the molecule is CCCCc1oc2ccccc2c1C(=O)c1ccc(N(CCCN(CCC)CCC)S(=O)(=O)c2ccc([N+](=O)[O-])cc2)cc1. The van der Waals surface area contributed by atoms with Crippen molar-refractivity contribution in [2.24, 2.45) is 0 Å². The lowest BCUT2D eigenvalue weighted by molar-refractivity contribution is -0.384. The van der Waals surface area contributed by atoms with Gasteiger partial charge in [-0.15, -0.1) is 0 Å². The van der Waals surface area contributed by atoms with Crippen molar-refractivity contribution in [3.8, 4) is 0 Å². The minimum atomic E-state index is -4.05. The molecule has 9 nitrogen and oxygen atoms in total. The number of nitrogens with zero attached hydrogens (tertiary/aromatic N) is 3. The zero-order chi connectivity index (χ0) is 31.7. The van der Waals surface area contributed by atoms with Crippen molar-refractivity contribution in [1.82, 2.24) is 4.90 Å². The van der Waals surface area contributed by atoms with Crippen LogP contribution in [0.15, 0.2) is 82.1 Å². The molecule has 0 unspecified atom stereocenters. The minimum Gasteiger partial charge on any atom is -0.460 e. The van der Waals surface area contributed by atoms with Gasteiger partial charge in [-0.2, -0.15) is 0 Å². The van der Waals surface area contributed by atoms with Crippen molar-refractivity contribution in [1.29, 1.82) is 0 Å². The number of para-hydroxylation sites is 1. The average molecular weight is 620 g/mol. The summed E-state index contributed by atoms with van der Waals surface area (Å²) in [6.45, 7) is 9.14. The van der Waals surface area contributed by atoms with Crippen molar-refractivity contribution in [2.75, 3.05) is 30.5 Å². The summed E-state index contributed by atoms with van der Waals surface area (Å²) in [4.78, 5) is 26.7. The number of anilines is 1. The summed E-state index contributed by atoms with van der Waals surface area (Å²) in [5.41, 5.74) is 1.88. The Morgan fingerprint density at radius 2 is 1.48 bits per heavy atom. The molecular formula is C34H41N3O6S. The van der Waals surface area contributed by atoms with Crippen molar-refractivity contribution >= 4 is 38.2 Å². The second-order valence-electron chi connectivity index (χ2n) is 10.9. The second kappa shape index (κ2) is 15.1. The number of hydrogen-bond donors (Lipinski definition) is 0. The molecular weight excluding hydrogens is 578 g/mol. The molecule has 0 aliphatic heterocycles. The van der Waals surface area contributed by atoms with Crippen LogP contribution in [0, 0.1) is 10.1 Å². The van der Waals surface area contributed by atoms with E-state index in [0.717, 1.165) is 50.7 Å². The van der Waals surface area contributed by atoms with Crippen molar-refractivity contribution < 1.29 is 22.6 Å². The van der Waals surface area contributed by atoms with E-state index in [-0.39, 0.29) is 22.9 Å². The van der Waals surface area contributed by atoms with Gasteiger partial charge in [-0.3, -0.25) is 19.2 Å². The number of carbonyl (C=O) groups excluding carboxylic acids is 1. The summed E-state index contributed by atoms with van der Waals surface area (Å²) in [6, 6.07) is 19.0. The number of non-ortho nitro benzene ring substituents is 1. The highest BCUT2D eigenvalue weighted by Gasteiger charge is 2.27. The molecule has 0 fully saturated rings. The Hall–Kier alpha value is -4.02. The Labute approximate surface area is 259 Å². The molecule has 234 valence electrons. The number of sulfonamides is 1. The van der Waals surface area contributed by atoms with E-state index < -0.39 is 14.9 Å². The monoisotopic (exact) mass is 619 g/mol. The maximum atomic E-state index is 13.9. The fourth-order valence-corrected chi connectivity index (χ4v) is 6.95. The predicted octanol–water partition coefficient (Wildman–Crippen LogP) is 7.62. The van der Waals surface area contributed by atoms with Crippen molar-refractivity contribution in [2.45, 2.75) is 64.2 Å². The molecule has 0 aliphatic rings. The van der Waals surface area contributed by atoms with Crippen LogP contribution in [0.5, 0.6) is 0 Å². The Kier molecular flexibility index (Phi) is 11.3. The summed E-state index contributed by atoms with van der Waals surface area (Å²) >= 11 is 0. The van der Waals surface area contributed by atoms with E-state index >= 15 is 0 Å². The normalized spacial score (nSPS) is 11.7. The van der Waals surface area contributed by atoms with E-state index in [1.54, 1.807) is 24.3 Å². The molecule has 0 radical (unpaired) electrons. The van der Waals surface area contributed by atoms with Gasteiger partial charge < -0.3 is 9.32 Å². The zero-order valence-electron chi connectivity index (χ0n) is 25.7. The first kappa shape index (κ1) is 32.9. The molecule has 1 heterocycles. The number of benzene rings is 3. The van der Waals surface area contributed by atoms with Gasteiger partial charge in [0.05, 0.1) is 21.1 Å². The van der Waals surface area contributed by atoms with E-state index in [4.69, 9.17) is 4.42 Å². The van der Waals surface area contributed by atoms with Crippen LogP contribution in [0.25, 0.3) is 11.0 Å². The van der Waals surface area contributed by atoms with E-state index in [0.29, 0.717) is 41.0 Å². The first-order valence-corrected chi connectivity index (χ1v) is 16.8. The molecule has 0 spiro atoms. The van der Waals surface area contributed by atoms with Gasteiger partial charge >= 0.3 is 0 Å². The van der Waals surface area contributed by atoms with Crippen LogP contribution < -0.4 is 4.31 Å². The van der Waals surface area contributed by atoms with Gasteiger partial charge in [0.25, 0.3) is 15.7 Å². The molecule has 0 amide bonds. The highest BCUT2D eigenvalue weighted by atomic mass is 32.2. The topological polar surface area (TPSA) is 114 Å². The van der Waals surface area contributed by atoms with Crippen molar-refractivity contribution in [3.05, 3.63) is 99.8 Å². The standard InChI is InChI=1S/C34H41N3O6S/c1-4-7-12-32-33(30-11-8-9-13-31(30)43-32)34(38)26-14-16-27(17-15-26)36(25-10-24-35(22-5-2)23-6-3)44(41,42)29-20-18-28(19-21-29)37(39)40/h8-9,11,13-21H,4-7,10,12,22-25H2,1-3H3.